The Bertz CT molecular complexity index is 1030. The van der Waals surface area contributed by atoms with Crippen molar-refractivity contribution in [3.05, 3.63) is 45.9 Å². The van der Waals surface area contributed by atoms with Gasteiger partial charge in [0.15, 0.2) is 0 Å². The van der Waals surface area contributed by atoms with Gasteiger partial charge in [0.05, 0.1) is 5.69 Å². The van der Waals surface area contributed by atoms with E-state index in [0.29, 0.717) is 37.7 Å². The molecule has 1 atom stereocenters. The lowest BCUT2D eigenvalue weighted by molar-refractivity contribution is -0.135. The number of carbonyl (C=O) groups excluding carboxylic acids is 2. The molecule has 2 aromatic rings. The molecule has 0 aromatic carbocycles. The van der Waals surface area contributed by atoms with Gasteiger partial charge in [0.25, 0.3) is 11.5 Å². The lowest BCUT2D eigenvalue weighted by Gasteiger charge is -2.34. The van der Waals surface area contributed by atoms with Crippen molar-refractivity contribution in [1.29, 1.82) is 0 Å². The van der Waals surface area contributed by atoms with Gasteiger partial charge >= 0.3 is 0 Å². The number of rotatable bonds is 4. The number of amides is 2. The van der Waals surface area contributed by atoms with Crippen LogP contribution in [0.25, 0.3) is 0 Å². The molecule has 1 unspecified atom stereocenters. The van der Waals surface area contributed by atoms with Crippen molar-refractivity contribution in [3.8, 4) is 0 Å². The lowest BCUT2D eigenvalue weighted by atomic mass is 9.92. The zero-order valence-corrected chi connectivity index (χ0v) is 19.1. The van der Waals surface area contributed by atoms with Crippen LogP contribution in [0.5, 0.6) is 0 Å². The predicted octanol–water partition coefficient (Wildman–Crippen LogP) is 1.89. The van der Waals surface area contributed by atoms with Crippen molar-refractivity contribution in [2.75, 3.05) is 26.2 Å². The molecule has 1 N–H and O–H groups in total. The van der Waals surface area contributed by atoms with Crippen LogP contribution >= 0.6 is 0 Å². The molecule has 32 heavy (non-hydrogen) atoms. The van der Waals surface area contributed by atoms with Crippen LogP contribution in [0.15, 0.2) is 23.1 Å². The van der Waals surface area contributed by atoms with Gasteiger partial charge in [-0.05, 0) is 31.7 Å². The average molecular weight is 441 g/mol. The molecule has 0 saturated carbocycles. The Balaban J connectivity index is 1.47. The maximum absolute atomic E-state index is 12.9. The summed E-state index contributed by atoms with van der Waals surface area (Å²) in [7, 11) is 1.76. The number of hydrogen-bond acceptors (Lipinski definition) is 5. The fourth-order valence-corrected chi connectivity index (χ4v) is 4.79. The summed E-state index contributed by atoms with van der Waals surface area (Å²) in [4.78, 5) is 49.1. The summed E-state index contributed by atoms with van der Waals surface area (Å²) < 4.78 is 1.59. The van der Waals surface area contributed by atoms with Crippen molar-refractivity contribution in [2.24, 2.45) is 13.0 Å². The van der Waals surface area contributed by atoms with Crippen LogP contribution < -0.4 is 5.56 Å². The number of nitrogens with one attached hydrogen (secondary N) is 1. The summed E-state index contributed by atoms with van der Waals surface area (Å²) in [5.41, 5.74) is 1.17. The second-order valence-corrected chi connectivity index (χ2v) is 9.24. The van der Waals surface area contributed by atoms with E-state index in [4.69, 9.17) is 4.98 Å². The van der Waals surface area contributed by atoms with Gasteiger partial charge in [0.1, 0.15) is 11.5 Å². The van der Waals surface area contributed by atoms with Gasteiger partial charge in [0, 0.05) is 63.2 Å². The first-order chi connectivity index (χ1) is 15.3. The van der Waals surface area contributed by atoms with E-state index in [-0.39, 0.29) is 35.1 Å². The SMILES string of the molecule is CC(C)C(=O)N1CCC(c2nc(C3CCCN(C(=O)c4ccnn4C)C3)cc(=O)[nH]2)CC1. The summed E-state index contributed by atoms with van der Waals surface area (Å²) in [5, 5.41) is 4.10. The largest absolute Gasteiger partial charge is 0.342 e. The Morgan fingerprint density at radius 1 is 1.09 bits per heavy atom. The third kappa shape index (κ3) is 4.61. The Labute approximate surface area is 187 Å². The Hall–Kier alpha value is -2.97. The molecule has 2 aromatic heterocycles. The van der Waals surface area contributed by atoms with Gasteiger partial charge in [-0.3, -0.25) is 19.1 Å². The van der Waals surface area contributed by atoms with E-state index in [1.165, 1.54) is 0 Å². The molecular weight excluding hydrogens is 408 g/mol. The normalized spacial score (nSPS) is 20.1. The van der Waals surface area contributed by atoms with Crippen LogP contribution in [0.2, 0.25) is 0 Å². The maximum atomic E-state index is 12.9. The van der Waals surface area contributed by atoms with Crippen LogP contribution in [-0.4, -0.2) is 67.5 Å². The number of hydrogen-bond donors (Lipinski definition) is 1. The minimum Gasteiger partial charge on any atom is -0.342 e. The van der Waals surface area contributed by atoms with Gasteiger partial charge in [-0.25, -0.2) is 4.98 Å². The standard InChI is InChI=1S/C23H32N6O3/c1-15(2)22(31)28-11-7-16(8-12-28)21-25-18(13-20(30)26-21)17-5-4-10-29(14-17)23(32)19-6-9-24-27(19)3/h6,9,13,15-17H,4-5,7-8,10-12,14H2,1-3H3,(H,25,26,30). The van der Waals surface area contributed by atoms with Gasteiger partial charge < -0.3 is 14.8 Å². The van der Waals surface area contributed by atoms with Crippen LogP contribution in [0.3, 0.4) is 0 Å². The van der Waals surface area contributed by atoms with Crippen molar-refractivity contribution >= 4 is 11.8 Å². The van der Waals surface area contributed by atoms with E-state index in [0.717, 1.165) is 31.4 Å². The van der Waals surface area contributed by atoms with Gasteiger partial charge in [0.2, 0.25) is 5.91 Å². The summed E-state index contributed by atoms with van der Waals surface area (Å²) >= 11 is 0. The molecule has 0 aliphatic carbocycles. The predicted molar refractivity (Wildman–Crippen MR) is 119 cm³/mol. The number of carbonyl (C=O) groups is 2. The molecule has 4 heterocycles. The molecule has 2 aliphatic heterocycles. The number of aryl methyl sites for hydroxylation is 1. The minimum atomic E-state index is -0.152. The zero-order valence-electron chi connectivity index (χ0n) is 19.1. The zero-order chi connectivity index (χ0) is 22.8. The second-order valence-electron chi connectivity index (χ2n) is 9.24. The Morgan fingerprint density at radius 2 is 1.84 bits per heavy atom. The first-order valence-corrected chi connectivity index (χ1v) is 11.5. The highest BCUT2D eigenvalue weighted by atomic mass is 16.2. The molecule has 9 nitrogen and oxygen atoms in total. The average Bonchev–Trinajstić information content (AvgIpc) is 3.23. The first kappa shape index (κ1) is 22.2. The van der Waals surface area contributed by atoms with Gasteiger partial charge in [-0.1, -0.05) is 13.8 Å². The topological polar surface area (TPSA) is 104 Å². The fraction of sp³-hybridized carbons (Fsp3) is 0.609. The van der Waals surface area contributed by atoms with E-state index in [1.54, 1.807) is 30.1 Å². The maximum Gasteiger partial charge on any atom is 0.272 e. The fourth-order valence-electron chi connectivity index (χ4n) is 4.79. The third-order valence-corrected chi connectivity index (χ3v) is 6.63. The van der Waals surface area contributed by atoms with Crippen molar-refractivity contribution in [3.63, 3.8) is 0 Å². The summed E-state index contributed by atoms with van der Waals surface area (Å²) in [5.74, 6) is 1.01. The molecule has 2 fully saturated rings. The van der Waals surface area contributed by atoms with Gasteiger partial charge in [-0.2, -0.15) is 5.10 Å². The van der Waals surface area contributed by atoms with Crippen LogP contribution in [-0.2, 0) is 11.8 Å². The quantitative estimate of drug-likeness (QED) is 0.782. The number of likely N-dealkylation sites (tertiary alicyclic amines) is 2. The molecule has 172 valence electrons. The minimum absolute atomic E-state index is 0.00360. The number of nitrogens with zero attached hydrogens (tertiary/aromatic N) is 5. The molecule has 9 heteroatoms. The highest BCUT2D eigenvalue weighted by Crippen LogP contribution is 2.29. The number of aromatic nitrogens is 4. The van der Waals surface area contributed by atoms with Crippen LogP contribution in [0.1, 0.15) is 73.4 Å². The molecule has 0 bridgehead atoms. The number of H-pyrrole nitrogens is 1. The molecule has 2 saturated heterocycles. The van der Waals surface area contributed by atoms with Crippen molar-refractivity contribution in [2.45, 2.75) is 51.4 Å². The Morgan fingerprint density at radius 3 is 2.50 bits per heavy atom. The van der Waals surface area contributed by atoms with E-state index in [1.807, 2.05) is 23.6 Å². The van der Waals surface area contributed by atoms with E-state index in [2.05, 4.69) is 10.1 Å². The molecule has 4 rings (SSSR count). The molecule has 2 aliphatic rings. The first-order valence-electron chi connectivity index (χ1n) is 11.5. The van der Waals surface area contributed by atoms with E-state index < -0.39 is 0 Å². The third-order valence-electron chi connectivity index (χ3n) is 6.63. The number of aromatic amines is 1. The van der Waals surface area contributed by atoms with E-state index in [9.17, 15) is 14.4 Å². The van der Waals surface area contributed by atoms with Crippen molar-refractivity contribution in [1.82, 2.24) is 29.5 Å². The second kappa shape index (κ2) is 9.26. The molecule has 0 spiro atoms. The molecule has 0 radical (unpaired) electrons. The summed E-state index contributed by atoms with van der Waals surface area (Å²) in [6.45, 7) is 6.45. The highest BCUT2D eigenvalue weighted by Gasteiger charge is 2.30. The monoisotopic (exact) mass is 440 g/mol. The summed E-state index contributed by atoms with van der Waals surface area (Å²) in [6.07, 6.45) is 4.97. The molecule has 2 amide bonds. The smallest absolute Gasteiger partial charge is 0.272 e. The van der Waals surface area contributed by atoms with Crippen molar-refractivity contribution < 1.29 is 9.59 Å². The van der Waals surface area contributed by atoms with Crippen LogP contribution in [0.4, 0.5) is 0 Å². The van der Waals surface area contributed by atoms with Crippen LogP contribution in [0, 0.1) is 5.92 Å². The van der Waals surface area contributed by atoms with Gasteiger partial charge in [-0.15, -0.1) is 0 Å². The number of piperidine rings is 2. The lowest BCUT2D eigenvalue weighted by Crippen LogP contribution is -2.41. The Kier molecular flexibility index (Phi) is 6.43. The van der Waals surface area contributed by atoms with E-state index >= 15 is 0 Å². The highest BCUT2D eigenvalue weighted by molar-refractivity contribution is 5.92. The summed E-state index contributed by atoms with van der Waals surface area (Å²) in [6, 6.07) is 3.30. The molecular formula is C23H32N6O3.